The molecule has 0 spiro atoms. The molecule has 0 radical (unpaired) electrons. The van der Waals surface area contributed by atoms with E-state index in [0.29, 0.717) is 0 Å². The Morgan fingerprint density at radius 2 is 2.06 bits per heavy atom. The second-order valence-electron chi connectivity index (χ2n) is 4.15. The Labute approximate surface area is 106 Å². The van der Waals surface area contributed by atoms with Crippen LogP contribution in [-0.4, -0.2) is 31.9 Å². The number of rotatable bonds is 5. The summed E-state index contributed by atoms with van der Waals surface area (Å²) in [7, 11) is 0. The summed E-state index contributed by atoms with van der Waals surface area (Å²) in [4.78, 5) is 22.6. The van der Waals surface area contributed by atoms with E-state index in [9.17, 15) is 9.59 Å². The van der Waals surface area contributed by atoms with E-state index >= 15 is 0 Å². The molecule has 1 aliphatic rings. The maximum atomic E-state index is 11.9. The quantitative estimate of drug-likeness (QED) is 0.553. The van der Waals surface area contributed by atoms with E-state index in [1.807, 2.05) is 0 Å². The van der Waals surface area contributed by atoms with Crippen LogP contribution in [-0.2, 0) is 19.0 Å². The molecule has 0 aromatic rings. The van der Waals surface area contributed by atoms with Crippen molar-refractivity contribution >= 4 is 12.1 Å². The summed E-state index contributed by atoms with van der Waals surface area (Å²) in [5.41, 5.74) is -0.232. The lowest BCUT2D eigenvalue weighted by atomic mass is 9.92. The number of esters is 1. The highest BCUT2D eigenvalue weighted by Crippen LogP contribution is 2.24. The number of cyclic esters (lactones) is 2. The van der Waals surface area contributed by atoms with Crippen LogP contribution < -0.4 is 0 Å². The van der Waals surface area contributed by atoms with Gasteiger partial charge in [-0.1, -0.05) is 31.4 Å². The van der Waals surface area contributed by atoms with Crippen molar-refractivity contribution in [1.82, 2.24) is 0 Å². The van der Waals surface area contributed by atoms with Gasteiger partial charge in [0.25, 0.3) is 0 Å². The highest BCUT2D eigenvalue weighted by Gasteiger charge is 2.41. The first-order valence-corrected chi connectivity index (χ1v) is 5.42. The minimum atomic E-state index is -0.964. The van der Waals surface area contributed by atoms with E-state index in [0.717, 1.165) is 5.57 Å². The van der Waals surface area contributed by atoms with Gasteiger partial charge in [-0.3, -0.25) is 4.79 Å². The van der Waals surface area contributed by atoms with Gasteiger partial charge in [0.2, 0.25) is 0 Å². The van der Waals surface area contributed by atoms with E-state index in [1.165, 1.54) is 0 Å². The van der Waals surface area contributed by atoms with Crippen molar-refractivity contribution in [2.24, 2.45) is 5.41 Å². The van der Waals surface area contributed by atoms with Crippen LogP contribution in [0.3, 0.4) is 0 Å². The van der Waals surface area contributed by atoms with Gasteiger partial charge in [0.1, 0.15) is 25.2 Å². The molecular weight excluding hydrogens is 236 g/mol. The van der Waals surface area contributed by atoms with Crippen molar-refractivity contribution in [3.05, 3.63) is 37.0 Å². The number of allylic oxidation sites excluding steroid dienone is 2. The van der Waals surface area contributed by atoms with Crippen LogP contribution >= 0.6 is 0 Å². The van der Waals surface area contributed by atoms with E-state index in [2.05, 4.69) is 22.6 Å². The first kappa shape index (κ1) is 14.0. The lowest BCUT2D eigenvalue weighted by Crippen LogP contribution is -2.44. The predicted molar refractivity (Wildman–Crippen MR) is 64.8 cm³/mol. The van der Waals surface area contributed by atoms with Gasteiger partial charge in [0.05, 0.1) is 0 Å². The Hall–Kier alpha value is -2.04. The molecule has 5 nitrogen and oxygen atoms in total. The summed E-state index contributed by atoms with van der Waals surface area (Å²) >= 11 is 0. The summed E-state index contributed by atoms with van der Waals surface area (Å²) in [5.74, 6) is -0.480. The van der Waals surface area contributed by atoms with Crippen molar-refractivity contribution in [3.8, 4) is 0 Å². The maximum absolute atomic E-state index is 11.9. The van der Waals surface area contributed by atoms with Crippen LogP contribution in [0.2, 0.25) is 0 Å². The number of hydrogen-bond donors (Lipinski definition) is 0. The number of carbonyl (C=O) groups is 2. The predicted octanol–water partition coefficient (Wildman–Crippen LogP) is 2.00. The zero-order valence-corrected chi connectivity index (χ0v) is 10.3. The van der Waals surface area contributed by atoms with E-state index < -0.39 is 17.5 Å². The van der Waals surface area contributed by atoms with Crippen LogP contribution in [0.5, 0.6) is 0 Å². The highest BCUT2D eigenvalue weighted by atomic mass is 16.7. The average Bonchev–Trinajstić information content (AvgIpc) is 2.37. The maximum Gasteiger partial charge on any atom is 0.508 e. The lowest BCUT2D eigenvalue weighted by Gasteiger charge is -2.29. The van der Waals surface area contributed by atoms with Gasteiger partial charge in [0.15, 0.2) is 0 Å². The van der Waals surface area contributed by atoms with Crippen LogP contribution in [0.1, 0.15) is 6.92 Å². The molecule has 1 rings (SSSR count). The van der Waals surface area contributed by atoms with Gasteiger partial charge in [-0.05, 0) is 12.5 Å². The summed E-state index contributed by atoms with van der Waals surface area (Å²) in [5, 5.41) is 0. The molecule has 0 bridgehead atoms. The van der Waals surface area contributed by atoms with E-state index in [1.54, 1.807) is 25.2 Å². The van der Waals surface area contributed by atoms with Gasteiger partial charge in [-0.25, -0.2) is 4.79 Å². The summed E-state index contributed by atoms with van der Waals surface area (Å²) in [6.07, 6.45) is 4.09. The Morgan fingerprint density at radius 3 is 2.56 bits per heavy atom. The Bertz CT molecular complexity index is 384. The second-order valence-corrected chi connectivity index (χ2v) is 4.15. The van der Waals surface area contributed by atoms with E-state index in [4.69, 9.17) is 4.74 Å². The third kappa shape index (κ3) is 3.48. The fourth-order valence-corrected chi connectivity index (χ4v) is 1.29. The van der Waals surface area contributed by atoms with Crippen molar-refractivity contribution in [2.45, 2.75) is 6.92 Å². The Kier molecular flexibility index (Phi) is 4.71. The fourth-order valence-electron chi connectivity index (χ4n) is 1.29. The molecule has 1 heterocycles. The topological polar surface area (TPSA) is 61.8 Å². The van der Waals surface area contributed by atoms with E-state index in [-0.39, 0.29) is 19.8 Å². The molecule has 1 saturated heterocycles. The lowest BCUT2D eigenvalue weighted by molar-refractivity contribution is -0.164. The standard InChI is InChI=1S/C13H16O5/c1-4-6-10(5-2)7-16-11(14)13(3)8-17-12(15)18-9-13/h4-6H,1-2,7-9H2,3H3/b10-6+. The molecule has 0 atom stereocenters. The number of ether oxygens (including phenoxy) is 3. The zero-order valence-electron chi connectivity index (χ0n) is 10.3. The summed E-state index contributed by atoms with van der Waals surface area (Å²) in [6, 6.07) is 0. The largest absolute Gasteiger partial charge is 0.508 e. The van der Waals surface area contributed by atoms with Gasteiger partial charge < -0.3 is 14.2 Å². The molecule has 18 heavy (non-hydrogen) atoms. The van der Waals surface area contributed by atoms with Crippen LogP contribution in [0.4, 0.5) is 4.79 Å². The molecule has 5 heteroatoms. The molecule has 0 N–H and O–H groups in total. The minimum Gasteiger partial charge on any atom is -0.460 e. The molecule has 0 amide bonds. The number of hydrogen-bond acceptors (Lipinski definition) is 5. The molecule has 98 valence electrons. The van der Waals surface area contributed by atoms with Crippen molar-refractivity contribution < 1.29 is 23.8 Å². The summed E-state index contributed by atoms with van der Waals surface area (Å²) < 4.78 is 14.5. The molecule has 0 aromatic carbocycles. The van der Waals surface area contributed by atoms with Crippen LogP contribution in [0.25, 0.3) is 0 Å². The molecule has 0 aliphatic carbocycles. The Balaban J connectivity index is 2.54. The Morgan fingerprint density at radius 1 is 1.44 bits per heavy atom. The van der Waals surface area contributed by atoms with Gasteiger partial charge >= 0.3 is 12.1 Å². The molecular formula is C13H16O5. The van der Waals surface area contributed by atoms with Crippen molar-refractivity contribution in [2.75, 3.05) is 19.8 Å². The smallest absolute Gasteiger partial charge is 0.460 e. The second kappa shape index (κ2) is 6.05. The molecule has 0 unspecified atom stereocenters. The van der Waals surface area contributed by atoms with Gasteiger partial charge in [0, 0.05) is 0 Å². The highest BCUT2D eigenvalue weighted by molar-refractivity contribution is 5.78. The first-order chi connectivity index (χ1) is 8.51. The fraction of sp³-hybridized carbons (Fsp3) is 0.385. The van der Waals surface area contributed by atoms with Crippen molar-refractivity contribution in [3.63, 3.8) is 0 Å². The monoisotopic (exact) mass is 252 g/mol. The van der Waals surface area contributed by atoms with Gasteiger partial charge in [-0.15, -0.1) is 0 Å². The third-order valence-electron chi connectivity index (χ3n) is 2.47. The first-order valence-electron chi connectivity index (χ1n) is 5.42. The molecule has 0 saturated carbocycles. The summed E-state index contributed by atoms with van der Waals surface area (Å²) in [6.45, 7) is 8.77. The van der Waals surface area contributed by atoms with Crippen LogP contribution in [0.15, 0.2) is 37.0 Å². The average molecular weight is 252 g/mol. The minimum absolute atomic E-state index is 0.0424. The normalized spacial score (nSPS) is 18.3. The molecule has 1 fully saturated rings. The SMILES string of the molecule is C=C/C=C(\C=C)COC(=O)C1(C)COC(=O)OC1. The number of carbonyl (C=O) groups excluding carboxylic acids is 2. The molecule has 0 aromatic heterocycles. The van der Waals surface area contributed by atoms with Gasteiger partial charge in [-0.2, -0.15) is 0 Å². The van der Waals surface area contributed by atoms with Crippen molar-refractivity contribution in [1.29, 1.82) is 0 Å². The zero-order chi connectivity index (χ0) is 13.6. The van der Waals surface area contributed by atoms with Crippen LogP contribution in [0, 0.1) is 5.41 Å². The molecule has 1 aliphatic heterocycles. The third-order valence-corrected chi connectivity index (χ3v) is 2.47.